The van der Waals surface area contributed by atoms with Gasteiger partial charge in [-0.25, -0.2) is 9.80 Å². The topological polar surface area (TPSA) is 114 Å². The number of esters is 1. The minimum absolute atomic E-state index is 0.0297. The summed E-state index contributed by atoms with van der Waals surface area (Å²) in [6.07, 6.45) is 3.95. The smallest absolute Gasteiger partial charge is 0.379 e. The number of hydrogen-bond acceptors (Lipinski definition) is 7. The average Bonchev–Trinajstić information content (AvgIpc) is 3.74. The second-order valence-corrected chi connectivity index (χ2v) is 10.4. The van der Waals surface area contributed by atoms with E-state index < -0.39 is 47.9 Å². The zero-order chi connectivity index (χ0) is 27.3. The van der Waals surface area contributed by atoms with Crippen molar-refractivity contribution in [3.05, 3.63) is 88.8 Å². The molecule has 0 radical (unpaired) electrons. The summed E-state index contributed by atoms with van der Waals surface area (Å²) in [5.41, 5.74) is 0.275. The van der Waals surface area contributed by atoms with Crippen LogP contribution in [0.5, 0.6) is 5.75 Å². The Bertz CT molecular complexity index is 1460. The molecule has 3 amide bonds. The first kappa shape index (κ1) is 25.1. The number of halogens is 1. The van der Waals surface area contributed by atoms with Gasteiger partial charge in [-0.1, -0.05) is 23.7 Å². The zero-order valence-electron chi connectivity index (χ0n) is 20.6. The third-order valence-corrected chi connectivity index (χ3v) is 8.22. The molecule has 2 saturated carbocycles. The molecule has 10 heteroatoms. The van der Waals surface area contributed by atoms with Gasteiger partial charge in [-0.15, -0.1) is 0 Å². The van der Waals surface area contributed by atoms with Crippen LogP contribution in [0.25, 0.3) is 0 Å². The Labute approximate surface area is 228 Å². The van der Waals surface area contributed by atoms with Crippen molar-refractivity contribution >= 4 is 41.1 Å². The molecule has 2 aromatic carbocycles. The number of hydrazine groups is 1. The highest BCUT2D eigenvalue weighted by molar-refractivity contribution is 6.34. The molecule has 2 bridgehead atoms. The summed E-state index contributed by atoms with van der Waals surface area (Å²) in [5, 5.41) is 1.95. The lowest BCUT2D eigenvalue weighted by Crippen LogP contribution is -2.52. The highest BCUT2D eigenvalue weighted by atomic mass is 35.5. The van der Waals surface area contributed by atoms with Crippen LogP contribution in [-0.2, 0) is 9.59 Å². The van der Waals surface area contributed by atoms with Gasteiger partial charge in [0.15, 0.2) is 5.78 Å². The molecule has 3 aromatic rings. The predicted molar refractivity (Wildman–Crippen MR) is 137 cm³/mol. The number of hydrogen-bond donors (Lipinski definition) is 0. The van der Waals surface area contributed by atoms with Crippen molar-refractivity contribution in [2.24, 2.45) is 23.7 Å². The first-order chi connectivity index (χ1) is 18.8. The van der Waals surface area contributed by atoms with Crippen LogP contribution in [0, 0.1) is 23.7 Å². The van der Waals surface area contributed by atoms with Crippen LogP contribution in [0.4, 0.5) is 0 Å². The Morgan fingerprint density at radius 3 is 2.21 bits per heavy atom. The van der Waals surface area contributed by atoms with Gasteiger partial charge < -0.3 is 9.15 Å². The Balaban J connectivity index is 1.26. The Kier molecular flexibility index (Phi) is 6.31. The number of rotatable bonds is 7. The van der Waals surface area contributed by atoms with Crippen molar-refractivity contribution < 1.29 is 33.1 Å². The number of carbonyl (C=O) groups excluding carboxylic acids is 5. The first-order valence-electron chi connectivity index (χ1n) is 12.7. The summed E-state index contributed by atoms with van der Waals surface area (Å²) >= 11 is 6.28. The molecule has 1 aromatic heterocycles. The monoisotopic (exact) mass is 546 g/mol. The molecule has 3 aliphatic rings. The van der Waals surface area contributed by atoms with Gasteiger partial charge in [0.1, 0.15) is 12.3 Å². The lowest BCUT2D eigenvalue weighted by atomic mass is 9.81. The van der Waals surface area contributed by atoms with Crippen LogP contribution >= 0.6 is 11.6 Å². The van der Waals surface area contributed by atoms with E-state index in [0.717, 1.165) is 29.3 Å². The van der Waals surface area contributed by atoms with Crippen molar-refractivity contribution in [2.45, 2.75) is 19.3 Å². The maximum atomic E-state index is 13.7. The summed E-state index contributed by atoms with van der Waals surface area (Å²) < 4.78 is 10.3. The third kappa shape index (κ3) is 4.32. The van der Waals surface area contributed by atoms with E-state index in [1.165, 1.54) is 48.7 Å². The molecular formula is C29H23ClN2O7. The second-order valence-electron chi connectivity index (χ2n) is 10.0. The van der Waals surface area contributed by atoms with Crippen molar-refractivity contribution in [3.8, 4) is 5.75 Å². The molecule has 0 N–H and O–H groups in total. The number of carbonyl (C=O) groups is 5. The zero-order valence-corrected chi connectivity index (χ0v) is 21.4. The summed E-state index contributed by atoms with van der Waals surface area (Å²) in [4.78, 5) is 66.2. The van der Waals surface area contributed by atoms with Crippen LogP contribution < -0.4 is 4.74 Å². The quantitative estimate of drug-likeness (QED) is 0.186. The molecule has 39 heavy (non-hydrogen) atoms. The standard InChI is InChI=1S/C29H23ClN2O7/c30-21-5-2-1-4-20(21)26(34)31(32-27(35)24-17-7-8-18(14-17)25(24)28(32)36)15-22(33)16-9-11-19(12-10-16)39-29(37)23-6-3-13-38-23/h1-6,9-13,17-18,24-25H,7-8,14-15H2/t17-,18-,24-,25+/m0/s1. The maximum absolute atomic E-state index is 13.7. The Hall–Kier alpha value is -4.24. The fourth-order valence-corrected chi connectivity index (χ4v) is 6.34. The van der Waals surface area contributed by atoms with Crippen LogP contribution in [-0.4, -0.2) is 46.0 Å². The van der Waals surface area contributed by atoms with Crippen molar-refractivity contribution in [3.63, 3.8) is 0 Å². The minimum atomic E-state index is -0.716. The normalized spacial score (nSPS) is 23.2. The summed E-state index contributed by atoms with van der Waals surface area (Å²) in [5.74, 6) is -3.28. The van der Waals surface area contributed by atoms with E-state index in [1.807, 2.05) is 0 Å². The number of imide groups is 1. The Morgan fingerprint density at radius 1 is 0.923 bits per heavy atom. The van der Waals surface area contributed by atoms with Gasteiger partial charge in [-0.3, -0.25) is 19.2 Å². The van der Waals surface area contributed by atoms with Gasteiger partial charge in [0, 0.05) is 5.56 Å². The van der Waals surface area contributed by atoms with Crippen LogP contribution in [0.1, 0.15) is 50.5 Å². The van der Waals surface area contributed by atoms with E-state index in [0.29, 0.717) is 0 Å². The lowest BCUT2D eigenvalue weighted by Gasteiger charge is -2.31. The second kappa shape index (κ2) is 9.81. The maximum Gasteiger partial charge on any atom is 0.379 e. The van der Waals surface area contributed by atoms with Gasteiger partial charge in [0.25, 0.3) is 17.7 Å². The first-order valence-corrected chi connectivity index (χ1v) is 13.0. The molecule has 4 atom stereocenters. The molecule has 3 fully saturated rings. The number of ether oxygens (including phenoxy) is 1. The molecule has 198 valence electrons. The summed E-state index contributed by atoms with van der Waals surface area (Å²) in [6, 6.07) is 15.0. The molecule has 2 heterocycles. The minimum Gasteiger partial charge on any atom is -0.457 e. The molecule has 1 saturated heterocycles. The van der Waals surface area contributed by atoms with Gasteiger partial charge in [0.05, 0.1) is 28.7 Å². The van der Waals surface area contributed by atoms with Crippen LogP contribution in [0.15, 0.2) is 71.3 Å². The molecule has 6 rings (SSSR count). The molecule has 0 unspecified atom stereocenters. The van der Waals surface area contributed by atoms with Gasteiger partial charge in [-0.05, 0) is 79.6 Å². The van der Waals surface area contributed by atoms with Crippen molar-refractivity contribution in [1.82, 2.24) is 10.0 Å². The highest BCUT2D eigenvalue weighted by Crippen LogP contribution is 2.56. The van der Waals surface area contributed by atoms with E-state index >= 15 is 0 Å². The van der Waals surface area contributed by atoms with Gasteiger partial charge >= 0.3 is 5.97 Å². The van der Waals surface area contributed by atoms with E-state index in [-0.39, 0.29) is 39.5 Å². The van der Waals surface area contributed by atoms with E-state index in [1.54, 1.807) is 18.2 Å². The van der Waals surface area contributed by atoms with Crippen molar-refractivity contribution in [2.75, 3.05) is 6.54 Å². The number of benzene rings is 2. The molecule has 1 aliphatic heterocycles. The van der Waals surface area contributed by atoms with E-state index in [4.69, 9.17) is 20.8 Å². The summed E-state index contributed by atoms with van der Waals surface area (Å²) in [7, 11) is 0. The average molecular weight is 547 g/mol. The molecule has 0 spiro atoms. The number of amides is 3. The fraction of sp³-hybridized carbons (Fsp3) is 0.276. The van der Waals surface area contributed by atoms with Gasteiger partial charge in [0.2, 0.25) is 5.76 Å². The fourth-order valence-electron chi connectivity index (χ4n) is 6.13. The van der Waals surface area contributed by atoms with Crippen molar-refractivity contribution in [1.29, 1.82) is 0 Å². The van der Waals surface area contributed by atoms with Crippen LogP contribution in [0.3, 0.4) is 0 Å². The highest BCUT2D eigenvalue weighted by Gasteiger charge is 2.62. The SMILES string of the molecule is O=C(CN(C(=O)c1ccccc1Cl)N1C(=O)[C@@H]2[C@H]3CC[C@@H](C3)[C@@H]2C1=O)c1ccc(OC(=O)c2ccco2)cc1. The van der Waals surface area contributed by atoms with Crippen LogP contribution in [0.2, 0.25) is 5.02 Å². The lowest BCUT2D eigenvalue weighted by molar-refractivity contribution is -0.155. The number of furan rings is 1. The third-order valence-electron chi connectivity index (χ3n) is 7.89. The number of fused-ring (bicyclic) bond motifs is 5. The van der Waals surface area contributed by atoms with E-state index in [9.17, 15) is 24.0 Å². The number of nitrogens with zero attached hydrogens (tertiary/aromatic N) is 2. The summed E-state index contributed by atoms with van der Waals surface area (Å²) in [6.45, 7) is -0.554. The predicted octanol–water partition coefficient (Wildman–Crippen LogP) is 4.42. The molecular weight excluding hydrogens is 524 g/mol. The number of ketones is 1. The molecule has 9 nitrogen and oxygen atoms in total. The Morgan fingerprint density at radius 2 is 1.59 bits per heavy atom. The molecule has 2 aliphatic carbocycles. The largest absolute Gasteiger partial charge is 0.457 e. The van der Waals surface area contributed by atoms with E-state index in [2.05, 4.69) is 0 Å². The number of Topliss-reactive ketones (excluding diaryl/α,β-unsaturated/α-hetero) is 1. The van der Waals surface area contributed by atoms with Gasteiger partial charge in [-0.2, -0.15) is 5.01 Å².